The molecule has 2 amide bonds. The summed E-state index contributed by atoms with van der Waals surface area (Å²) in [4.78, 5) is 14.3. The van der Waals surface area contributed by atoms with Crippen molar-refractivity contribution in [3.63, 3.8) is 0 Å². The number of benzene rings is 1. The lowest BCUT2D eigenvalue weighted by Crippen LogP contribution is -2.48. The van der Waals surface area contributed by atoms with Gasteiger partial charge in [0.25, 0.3) is 0 Å². The van der Waals surface area contributed by atoms with Crippen LogP contribution in [0.4, 0.5) is 4.79 Å². The summed E-state index contributed by atoms with van der Waals surface area (Å²) in [6, 6.07) is 10.0. The van der Waals surface area contributed by atoms with Crippen molar-refractivity contribution >= 4 is 6.03 Å². The lowest BCUT2D eigenvalue weighted by Gasteiger charge is -2.32. The molecule has 1 aliphatic heterocycles. The van der Waals surface area contributed by atoms with E-state index in [0.29, 0.717) is 19.1 Å². The fraction of sp³-hybridized carbons (Fsp3) is 0.444. The first-order valence-electron chi connectivity index (χ1n) is 8.65. The van der Waals surface area contributed by atoms with Crippen molar-refractivity contribution < 1.29 is 9.53 Å². The number of morpholine rings is 1. The van der Waals surface area contributed by atoms with Crippen LogP contribution in [-0.4, -0.2) is 59.6 Å². The van der Waals surface area contributed by atoms with Crippen molar-refractivity contribution in [2.75, 3.05) is 32.8 Å². The first-order valence-corrected chi connectivity index (χ1v) is 8.65. The normalized spacial score (nSPS) is 16.4. The molecule has 1 atom stereocenters. The van der Waals surface area contributed by atoms with Gasteiger partial charge in [-0.05, 0) is 19.1 Å². The Bertz CT molecular complexity index is 667. The Morgan fingerprint density at radius 1 is 1.24 bits per heavy atom. The van der Waals surface area contributed by atoms with E-state index in [4.69, 9.17) is 4.74 Å². The van der Waals surface area contributed by atoms with E-state index in [9.17, 15) is 4.79 Å². The molecule has 25 heavy (non-hydrogen) atoms. The Labute approximate surface area is 148 Å². The zero-order chi connectivity index (χ0) is 17.5. The lowest BCUT2D eigenvalue weighted by atomic mass is 10.2. The van der Waals surface area contributed by atoms with E-state index >= 15 is 0 Å². The van der Waals surface area contributed by atoms with Gasteiger partial charge in [-0.3, -0.25) is 4.90 Å². The van der Waals surface area contributed by atoms with Crippen molar-refractivity contribution in [2.45, 2.75) is 19.5 Å². The summed E-state index contributed by atoms with van der Waals surface area (Å²) in [6.45, 7) is 6.56. The number of hydrogen-bond acceptors (Lipinski definition) is 4. The molecule has 7 heteroatoms. The average molecular weight is 343 g/mol. The summed E-state index contributed by atoms with van der Waals surface area (Å²) < 4.78 is 7.15. The number of para-hydroxylation sites is 1. The van der Waals surface area contributed by atoms with Crippen LogP contribution < -0.4 is 10.6 Å². The van der Waals surface area contributed by atoms with Crippen LogP contribution in [0.3, 0.4) is 0 Å². The number of rotatable bonds is 6. The highest BCUT2D eigenvalue weighted by Crippen LogP contribution is 2.07. The van der Waals surface area contributed by atoms with Gasteiger partial charge in [0.2, 0.25) is 0 Å². The second kappa shape index (κ2) is 8.64. The maximum Gasteiger partial charge on any atom is 0.315 e. The highest BCUT2D eigenvalue weighted by molar-refractivity contribution is 5.73. The third kappa shape index (κ3) is 5.04. The smallest absolute Gasteiger partial charge is 0.315 e. The summed E-state index contributed by atoms with van der Waals surface area (Å²) in [7, 11) is 0. The monoisotopic (exact) mass is 343 g/mol. The first kappa shape index (κ1) is 17.4. The SMILES string of the molecule is CC(CNC(=O)NCc1cnn(-c2ccccc2)c1)N1CCOCC1. The number of carbonyl (C=O) groups is 1. The highest BCUT2D eigenvalue weighted by Gasteiger charge is 2.17. The van der Waals surface area contributed by atoms with E-state index in [1.807, 2.05) is 36.5 Å². The maximum absolute atomic E-state index is 12.0. The number of carbonyl (C=O) groups excluding carboxylic acids is 1. The molecule has 2 aromatic rings. The van der Waals surface area contributed by atoms with E-state index in [0.717, 1.165) is 37.6 Å². The van der Waals surface area contributed by atoms with Crippen LogP contribution in [0, 0.1) is 0 Å². The summed E-state index contributed by atoms with van der Waals surface area (Å²) in [6.07, 6.45) is 3.69. The number of nitrogens with zero attached hydrogens (tertiary/aromatic N) is 3. The van der Waals surface area contributed by atoms with Crippen molar-refractivity contribution in [3.8, 4) is 5.69 Å². The molecule has 7 nitrogen and oxygen atoms in total. The largest absolute Gasteiger partial charge is 0.379 e. The quantitative estimate of drug-likeness (QED) is 0.832. The Hall–Kier alpha value is -2.38. The molecule has 1 saturated heterocycles. The molecule has 134 valence electrons. The van der Waals surface area contributed by atoms with Crippen LogP contribution in [0.2, 0.25) is 0 Å². The minimum atomic E-state index is -0.160. The molecule has 0 radical (unpaired) electrons. The van der Waals surface area contributed by atoms with Crippen LogP contribution in [0.25, 0.3) is 5.69 Å². The lowest BCUT2D eigenvalue weighted by molar-refractivity contribution is 0.0209. The molecule has 2 heterocycles. The molecular formula is C18H25N5O2. The molecule has 1 aromatic heterocycles. The van der Waals surface area contributed by atoms with Gasteiger partial charge in [0.05, 0.1) is 25.1 Å². The summed E-state index contributed by atoms with van der Waals surface area (Å²) in [5.41, 5.74) is 1.96. The highest BCUT2D eigenvalue weighted by atomic mass is 16.5. The summed E-state index contributed by atoms with van der Waals surface area (Å²) >= 11 is 0. The second-order valence-corrected chi connectivity index (χ2v) is 6.19. The third-order valence-electron chi connectivity index (χ3n) is 4.34. The second-order valence-electron chi connectivity index (χ2n) is 6.19. The molecule has 0 spiro atoms. The Morgan fingerprint density at radius 2 is 2.00 bits per heavy atom. The number of amides is 2. The minimum absolute atomic E-state index is 0.160. The van der Waals surface area contributed by atoms with Gasteiger partial charge in [-0.15, -0.1) is 0 Å². The van der Waals surface area contributed by atoms with Crippen molar-refractivity contribution in [2.24, 2.45) is 0 Å². The van der Waals surface area contributed by atoms with Crippen molar-refractivity contribution in [1.82, 2.24) is 25.3 Å². The minimum Gasteiger partial charge on any atom is -0.379 e. The van der Waals surface area contributed by atoms with E-state index in [2.05, 4.69) is 27.6 Å². The standard InChI is InChI=1S/C18H25N5O2/c1-15(22-7-9-25-10-8-22)11-19-18(24)20-12-16-13-21-23(14-16)17-5-3-2-4-6-17/h2-6,13-15H,7-12H2,1H3,(H2,19,20,24). The molecule has 1 unspecified atom stereocenters. The number of nitrogens with one attached hydrogen (secondary N) is 2. The fourth-order valence-electron chi connectivity index (χ4n) is 2.81. The Morgan fingerprint density at radius 3 is 2.76 bits per heavy atom. The molecule has 0 bridgehead atoms. The van der Waals surface area contributed by atoms with Crippen LogP contribution in [0.1, 0.15) is 12.5 Å². The Kier molecular flexibility index (Phi) is 6.03. The van der Waals surface area contributed by atoms with Gasteiger partial charge in [0.1, 0.15) is 0 Å². The molecule has 1 aliphatic rings. The van der Waals surface area contributed by atoms with Gasteiger partial charge in [0.15, 0.2) is 0 Å². The fourth-order valence-corrected chi connectivity index (χ4v) is 2.81. The molecule has 1 aromatic carbocycles. The average Bonchev–Trinajstić information content (AvgIpc) is 3.15. The van der Waals surface area contributed by atoms with Gasteiger partial charge in [0, 0.05) is 44.0 Å². The zero-order valence-electron chi connectivity index (χ0n) is 14.5. The summed E-state index contributed by atoms with van der Waals surface area (Å²) in [5.74, 6) is 0. The maximum atomic E-state index is 12.0. The first-order chi connectivity index (χ1) is 12.2. The molecule has 0 saturated carbocycles. The summed E-state index contributed by atoms with van der Waals surface area (Å²) in [5, 5.41) is 10.1. The van der Waals surface area contributed by atoms with Gasteiger partial charge >= 0.3 is 6.03 Å². The molecule has 3 rings (SSSR count). The van der Waals surface area contributed by atoms with E-state index in [1.54, 1.807) is 10.9 Å². The topological polar surface area (TPSA) is 71.4 Å². The van der Waals surface area contributed by atoms with Crippen molar-refractivity contribution in [1.29, 1.82) is 0 Å². The number of ether oxygens (including phenoxy) is 1. The third-order valence-corrected chi connectivity index (χ3v) is 4.34. The predicted octanol–water partition coefficient (Wildman–Crippen LogP) is 1.39. The molecule has 1 fully saturated rings. The van der Waals surface area contributed by atoms with Crippen LogP contribution in [-0.2, 0) is 11.3 Å². The van der Waals surface area contributed by atoms with E-state index in [-0.39, 0.29) is 6.03 Å². The Balaban J connectivity index is 1.41. The molecule has 0 aliphatic carbocycles. The van der Waals surface area contributed by atoms with Gasteiger partial charge in [-0.25, -0.2) is 9.48 Å². The van der Waals surface area contributed by atoms with Crippen LogP contribution in [0.5, 0.6) is 0 Å². The number of hydrogen-bond donors (Lipinski definition) is 2. The molecular weight excluding hydrogens is 318 g/mol. The number of aromatic nitrogens is 2. The predicted molar refractivity (Wildman–Crippen MR) is 95.7 cm³/mol. The van der Waals surface area contributed by atoms with Crippen LogP contribution >= 0.6 is 0 Å². The van der Waals surface area contributed by atoms with Crippen LogP contribution in [0.15, 0.2) is 42.7 Å². The van der Waals surface area contributed by atoms with Gasteiger partial charge < -0.3 is 15.4 Å². The van der Waals surface area contributed by atoms with Gasteiger partial charge in [-0.1, -0.05) is 18.2 Å². The zero-order valence-corrected chi connectivity index (χ0v) is 14.5. The molecule has 2 N–H and O–H groups in total. The van der Waals surface area contributed by atoms with E-state index in [1.165, 1.54) is 0 Å². The van der Waals surface area contributed by atoms with Gasteiger partial charge in [-0.2, -0.15) is 5.10 Å². The van der Waals surface area contributed by atoms with Crippen molar-refractivity contribution in [3.05, 3.63) is 48.3 Å². The van der Waals surface area contributed by atoms with E-state index < -0.39 is 0 Å². The number of urea groups is 1.